The van der Waals surface area contributed by atoms with Crippen molar-refractivity contribution in [1.82, 2.24) is 4.90 Å². The summed E-state index contributed by atoms with van der Waals surface area (Å²) in [6.45, 7) is 3.27. The minimum Gasteiger partial charge on any atom is -0.381 e. The predicted octanol–water partition coefficient (Wildman–Crippen LogP) is 2.69. The molecule has 2 aromatic carbocycles. The zero-order valence-corrected chi connectivity index (χ0v) is 17.0. The van der Waals surface area contributed by atoms with Gasteiger partial charge in [0.15, 0.2) is 0 Å². The molecule has 3 heterocycles. The Morgan fingerprint density at radius 1 is 1.03 bits per heavy atom. The predicted molar refractivity (Wildman–Crippen MR) is 110 cm³/mol. The lowest BCUT2D eigenvalue weighted by Gasteiger charge is -2.23. The number of rotatable bonds is 3. The van der Waals surface area contributed by atoms with Crippen molar-refractivity contribution in [2.75, 3.05) is 37.2 Å². The monoisotopic (exact) mass is 412 g/mol. The van der Waals surface area contributed by atoms with E-state index in [0.29, 0.717) is 38.2 Å². The number of sulfonamides is 1. The Balaban J connectivity index is 1.41. The molecule has 0 radical (unpaired) electrons. The van der Waals surface area contributed by atoms with Crippen LogP contribution in [0.15, 0.2) is 53.4 Å². The number of fused-ring (bicyclic) bond motifs is 1. The number of carbonyl (C=O) groups excluding carboxylic acids is 1. The van der Waals surface area contributed by atoms with Gasteiger partial charge in [0.1, 0.15) is 0 Å². The van der Waals surface area contributed by atoms with Crippen molar-refractivity contribution >= 4 is 21.6 Å². The summed E-state index contributed by atoms with van der Waals surface area (Å²) in [5.74, 6) is -0.104. The fraction of sp³-hybridized carbons (Fsp3) is 0.409. The lowest BCUT2D eigenvalue weighted by molar-refractivity contribution is 0.0765. The summed E-state index contributed by atoms with van der Waals surface area (Å²) in [6.07, 6.45) is 2.63. The Bertz CT molecular complexity index is 1060. The highest BCUT2D eigenvalue weighted by Crippen LogP contribution is 2.39. The van der Waals surface area contributed by atoms with Crippen LogP contribution < -0.4 is 4.31 Å². The van der Waals surface area contributed by atoms with Crippen LogP contribution in [0.3, 0.4) is 0 Å². The molecule has 2 aromatic rings. The van der Waals surface area contributed by atoms with Crippen molar-refractivity contribution < 1.29 is 17.9 Å². The largest absolute Gasteiger partial charge is 0.381 e. The van der Waals surface area contributed by atoms with Crippen molar-refractivity contribution in [1.29, 1.82) is 0 Å². The summed E-state index contributed by atoms with van der Waals surface area (Å²) >= 11 is 0. The van der Waals surface area contributed by atoms with Gasteiger partial charge in [0.25, 0.3) is 15.9 Å². The maximum absolute atomic E-state index is 13.3. The second kappa shape index (κ2) is 6.85. The van der Waals surface area contributed by atoms with Crippen LogP contribution in [0, 0.1) is 5.41 Å². The Morgan fingerprint density at radius 2 is 1.90 bits per heavy atom. The molecule has 1 spiro atoms. The van der Waals surface area contributed by atoms with E-state index in [1.807, 2.05) is 29.2 Å². The number of anilines is 1. The number of hydrogen-bond donors (Lipinski definition) is 0. The van der Waals surface area contributed by atoms with E-state index in [9.17, 15) is 13.2 Å². The average Bonchev–Trinajstić information content (AvgIpc) is 3.48. The zero-order chi connectivity index (χ0) is 20.1. The van der Waals surface area contributed by atoms with Gasteiger partial charge in [-0.15, -0.1) is 0 Å². The molecule has 3 aliphatic rings. The summed E-state index contributed by atoms with van der Waals surface area (Å²) in [7, 11) is -3.71. The van der Waals surface area contributed by atoms with Gasteiger partial charge in [-0.25, -0.2) is 8.42 Å². The number of nitrogens with zero attached hydrogens (tertiary/aromatic N) is 2. The zero-order valence-electron chi connectivity index (χ0n) is 16.2. The lowest BCUT2D eigenvalue weighted by Crippen LogP contribution is -2.33. The van der Waals surface area contributed by atoms with Gasteiger partial charge in [0.05, 0.1) is 17.2 Å². The highest BCUT2D eigenvalue weighted by molar-refractivity contribution is 7.92. The van der Waals surface area contributed by atoms with E-state index in [-0.39, 0.29) is 16.2 Å². The number of amides is 1. The summed E-state index contributed by atoms with van der Waals surface area (Å²) in [4.78, 5) is 15.1. The van der Waals surface area contributed by atoms with Gasteiger partial charge >= 0.3 is 0 Å². The van der Waals surface area contributed by atoms with E-state index in [1.54, 1.807) is 18.2 Å². The maximum atomic E-state index is 13.3. The van der Waals surface area contributed by atoms with E-state index in [4.69, 9.17) is 4.74 Å². The molecule has 0 saturated carbocycles. The number of carbonyl (C=O) groups is 1. The van der Waals surface area contributed by atoms with Crippen LogP contribution in [0.4, 0.5) is 5.69 Å². The fourth-order valence-electron chi connectivity index (χ4n) is 4.74. The highest BCUT2D eigenvalue weighted by atomic mass is 32.2. The number of para-hydroxylation sites is 1. The normalized spacial score (nSPS) is 23.7. The van der Waals surface area contributed by atoms with Crippen LogP contribution in [0.2, 0.25) is 0 Å². The standard InChI is InChI=1S/C22H24N2O4S/c25-21(23-12-9-22(15-23)10-13-28-16-22)18-5-3-6-19(14-18)29(26,27)24-11-8-17-4-1-2-7-20(17)24/h1-7,14H,8-13,15-16H2/t22-/m1/s1. The van der Waals surface area contributed by atoms with Crippen molar-refractivity contribution in [2.45, 2.75) is 24.2 Å². The van der Waals surface area contributed by atoms with Crippen molar-refractivity contribution in [3.63, 3.8) is 0 Å². The average molecular weight is 413 g/mol. The number of ether oxygens (including phenoxy) is 1. The van der Waals surface area contributed by atoms with E-state index in [0.717, 1.165) is 30.7 Å². The first-order valence-corrected chi connectivity index (χ1v) is 11.5. The molecule has 29 heavy (non-hydrogen) atoms. The fourth-order valence-corrected chi connectivity index (χ4v) is 6.29. The lowest BCUT2D eigenvalue weighted by atomic mass is 9.87. The van der Waals surface area contributed by atoms with E-state index < -0.39 is 10.0 Å². The summed E-state index contributed by atoms with van der Waals surface area (Å²) in [6, 6.07) is 14.0. The van der Waals surface area contributed by atoms with Gasteiger partial charge < -0.3 is 9.64 Å². The molecule has 0 aromatic heterocycles. The van der Waals surface area contributed by atoms with Crippen LogP contribution in [-0.2, 0) is 21.2 Å². The number of hydrogen-bond acceptors (Lipinski definition) is 4. The third kappa shape index (κ3) is 3.13. The SMILES string of the molecule is O=C(c1cccc(S(=O)(=O)N2CCc3ccccc32)c1)N1CC[C@@]2(CCOC2)C1. The van der Waals surface area contributed by atoms with Crippen LogP contribution in [0.25, 0.3) is 0 Å². The minimum atomic E-state index is -3.71. The van der Waals surface area contributed by atoms with Gasteiger partial charge in [-0.05, 0) is 49.1 Å². The van der Waals surface area contributed by atoms with Crippen LogP contribution >= 0.6 is 0 Å². The van der Waals surface area contributed by atoms with E-state index in [2.05, 4.69) is 0 Å². The number of benzene rings is 2. The molecule has 3 aliphatic heterocycles. The molecule has 2 fully saturated rings. The molecule has 1 amide bonds. The molecule has 0 aliphatic carbocycles. The summed E-state index contributed by atoms with van der Waals surface area (Å²) in [5, 5.41) is 0. The molecule has 0 bridgehead atoms. The minimum absolute atomic E-state index is 0.0820. The molecular weight excluding hydrogens is 388 g/mol. The summed E-state index contributed by atoms with van der Waals surface area (Å²) in [5.41, 5.74) is 2.27. The molecule has 7 heteroatoms. The second-order valence-corrected chi connectivity index (χ2v) is 10.1. The molecule has 2 saturated heterocycles. The van der Waals surface area contributed by atoms with Gasteiger partial charge in [-0.1, -0.05) is 24.3 Å². The molecule has 6 nitrogen and oxygen atoms in total. The van der Waals surface area contributed by atoms with Gasteiger partial charge in [-0.3, -0.25) is 9.10 Å². The Hall–Kier alpha value is -2.38. The molecule has 1 atom stereocenters. The third-order valence-electron chi connectivity index (χ3n) is 6.42. The first-order valence-electron chi connectivity index (χ1n) is 10.1. The molecular formula is C22H24N2O4S. The van der Waals surface area contributed by atoms with Crippen LogP contribution in [0.5, 0.6) is 0 Å². The topological polar surface area (TPSA) is 66.9 Å². The van der Waals surface area contributed by atoms with Crippen LogP contribution in [0.1, 0.15) is 28.8 Å². The molecule has 152 valence electrons. The first-order chi connectivity index (χ1) is 14.0. The molecule has 5 rings (SSSR count). The Labute approximate surface area is 171 Å². The molecule has 0 N–H and O–H groups in total. The highest BCUT2D eigenvalue weighted by Gasteiger charge is 2.43. The summed E-state index contributed by atoms with van der Waals surface area (Å²) < 4.78 is 33.6. The first kappa shape index (κ1) is 18.6. The van der Waals surface area contributed by atoms with Crippen molar-refractivity contribution in [3.8, 4) is 0 Å². The second-order valence-electron chi connectivity index (χ2n) is 8.26. The van der Waals surface area contributed by atoms with Gasteiger partial charge in [0.2, 0.25) is 0 Å². The third-order valence-corrected chi connectivity index (χ3v) is 8.23. The Kier molecular flexibility index (Phi) is 4.40. The van der Waals surface area contributed by atoms with E-state index in [1.165, 1.54) is 10.4 Å². The smallest absolute Gasteiger partial charge is 0.264 e. The van der Waals surface area contributed by atoms with Crippen molar-refractivity contribution in [3.05, 3.63) is 59.7 Å². The van der Waals surface area contributed by atoms with Crippen LogP contribution in [-0.4, -0.2) is 52.1 Å². The van der Waals surface area contributed by atoms with E-state index >= 15 is 0 Å². The molecule has 0 unspecified atom stereocenters. The van der Waals surface area contributed by atoms with Crippen molar-refractivity contribution in [2.24, 2.45) is 5.41 Å². The number of likely N-dealkylation sites (tertiary alicyclic amines) is 1. The van der Waals surface area contributed by atoms with Gasteiger partial charge in [0, 0.05) is 37.2 Å². The quantitative estimate of drug-likeness (QED) is 0.777. The van der Waals surface area contributed by atoms with Gasteiger partial charge in [-0.2, -0.15) is 0 Å². The maximum Gasteiger partial charge on any atom is 0.264 e. The Morgan fingerprint density at radius 3 is 2.72 bits per heavy atom.